The fraction of sp³-hybridized carbons (Fsp3) is 0.318. The molecule has 1 aliphatic heterocycles. The summed E-state index contributed by atoms with van der Waals surface area (Å²) < 4.78 is 26.9. The van der Waals surface area contributed by atoms with Crippen LogP contribution in [0.5, 0.6) is 0 Å². The third kappa shape index (κ3) is 3.32. The minimum absolute atomic E-state index is 0.336. The van der Waals surface area contributed by atoms with Crippen molar-refractivity contribution in [3.8, 4) is 0 Å². The number of benzene rings is 2. The molecule has 27 heavy (non-hydrogen) atoms. The van der Waals surface area contributed by atoms with Crippen LogP contribution in [0.15, 0.2) is 64.5 Å². The number of nitrogens with one attached hydrogen (secondary N) is 1. The summed E-state index contributed by atoms with van der Waals surface area (Å²) in [6, 6.07) is 15.0. The number of sulfone groups is 1. The van der Waals surface area contributed by atoms with Crippen molar-refractivity contribution >= 4 is 26.4 Å². The standard InChI is InChI=1S/C22H24N2O2S/c1-16-7-9-18(10-8-16)27(25,26)21-15-23-20-6-4-3-5-19(20)22(21)24-13-11-17(2)12-14-24/h3-10,15,17H,11-14H2,1-2H3/p+1. The van der Waals surface area contributed by atoms with E-state index in [2.05, 4.69) is 16.8 Å². The Morgan fingerprint density at radius 2 is 1.67 bits per heavy atom. The van der Waals surface area contributed by atoms with Gasteiger partial charge in [-0.1, -0.05) is 36.8 Å². The molecule has 2 aromatic carbocycles. The lowest BCUT2D eigenvalue weighted by atomic mass is 9.98. The highest BCUT2D eigenvalue weighted by atomic mass is 32.2. The van der Waals surface area contributed by atoms with E-state index in [1.54, 1.807) is 18.3 Å². The van der Waals surface area contributed by atoms with Crippen molar-refractivity contribution in [2.45, 2.75) is 36.5 Å². The highest BCUT2D eigenvalue weighted by Crippen LogP contribution is 2.36. The first-order valence-electron chi connectivity index (χ1n) is 9.47. The molecule has 3 aromatic rings. The van der Waals surface area contributed by atoms with Gasteiger partial charge in [0.25, 0.3) is 0 Å². The summed E-state index contributed by atoms with van der Waals surface area (Å²) in [4.78, 5) is 6.13. The molecule has 0 aliphatic carbocycles. The van der Waals surface area contributed by atoms with Gasteiger partial charge in [0.05, 0.1) is 16.0 Å². The number of H-pyrrole nitrogens is 1. The van der Waals surface area contributed by atoms with Gasteiger partial charge in [0.1, 0.15) is 0 Å². The van der Waals surface area contributed by atoms with E-state index >= 15 is 0 Å². The maximum atomic E-state index is 13.5. The van der Waals surface area contributed by atoms with E-state index in [0.717, 1.165) is 48.1 Å². The molecule has 2 heterocycles. The number of aromatic amines is 1. The number of hydrogen-bond acceptors (Lipinski definition) is 3. The molecule has 0 radical (unpaired) electrons. The topological polar surface area (TPSA) is 51.5 Å². The van der Waals surface area contributed by atoms with Crippen LogP contribution >= 0.6 is 0 Å². The van der Waals surface area contributed by atoms with E-state index in [1.807, 2.05) is 43.3 Å². The van der Waals surface area contributed by atoms with E-state index in [1.165, 1.54) is 0 Å². The van der Waals surface area contributed by atoms with Gasteiger partial charge in [0, 0.05) is 19.2 Å². The first-order valence-corrected chi connectivity index (χ1v) is 11.0. The number of nitrogens with zero attached hydrogens (tertiary/aromatic N) is 1. The average molecular weight is 382 g/mol. The van der Waals surface area contributed by atoms with Crippen molar-refractivity contribution in [1.82, 2.24) is 0 Å². The van der Waals surface area contributed by atoms with E-state index in [4.69, 9.17) is 0 Å². The molecule has 4 rings (SSSR count). The van der Waals surface area contributed by atoms with Gasteiger partial charge in [0.15, 0.2) is 11.1 Å². The van der Waals surface area contributed by atoms with Crippen molar-refractivity contribution in [3.05, 3.63) is 60.3 Å². The third-order valence-corrected chi connectivity index (χ3v) is 7.28. The molecule has 0 amide bonds. The molecule has 1 aromatic heterocycles. The lowest BCUT2D eigenvalue weighted by molar-refractivity contribution is -0.347. The van der Waals surface area contributed by atoms with Gasteiger partial charge in [-0.25, -0.2) is 13.4 Å². The Balaban J connectivity index is 1.92. The minimum Gasteiger partial charge on any atom is -0.370 e. The molecular formula is C22H25N2O2S+. The van der Waals surface area contributed by atoms with E-state index < -0.39 is 9.84 Å². The molecule has 1 N–H and O–H groups in total. The second-order valence-electron chi connectivity index (χ2n) is 7.53. The predicted molar refractivity (Wildman–Crippen MR) is 108 cm³/mol. The van der Waals surface area contributed by atoms with Gasteiger partial charge in [-0.15, -0.1) is 0 Å². The summed E-state index contributed by atoms with van der Waals surface area (Å²) >= 11 is 0. The molecule has 0 bridgehead atoms. The van der Waals surface area contributed by atoms with Crippen LogP contribution in [0.2, 0.25) is 0 Å². The number of piperidine rings is 1. The number of aryl methyl sites for hydroxylation is 1. The Labute approximate surface area is 160 Å². The molecule has 140 valence electrons. The Hall–Kier alpha value is -2.40. The van der Waals surface area contributed by atoms with Gasteiger partial charge in [0.2, 0.25) is 15.4 Å². The summed E-state index contributed by atoms with van der Waals surface area (Å²) in [6.07, 6.45) is 3.82. The van der Waals surface area contributed by atoms with E-state index in [9.17, 15) is 8.42 Å². The quantitative estimate of drug-likeness (QED) is 0.688. The van der Waals surface area contributed by atoms with Crippen molar-refractivity contribution in [3.63, 3.8) is 0 Å². The summed E-state index contributed by atoms with van der Waals surface area (Å²) in [6.45, 7) is 5.98. The smallest absolute Gasteiger partial charge is 0.214 e. The number of para-hydroxylation sites is 1. The lowest BCUT2D eigenvalue weighted by Gasteiger charge is -2.33. The minimum atomic E-state index is -3.61. The summed E-state index contributed by atoms with van der Waals surface area (Å²) in [5.41, 5.74) is 2.83. The zero-order valence-corrected chi connectivity index (χ0v) is 16.6. The van der Waals surface area contributed by atoms with Crippen LogP contribution in [-0.4, -0.2) is 21.5 Å². The van der Waals surface area contributed by atoms with Gasteiger partial charge < -0.3 is 4.90 Å². The summed E-state index contributed by atoms with van der Waals surface area (Å²) in [5, 5.41) is 0.959. The van der Waals surface area contributed by atoms with Crippen LogP contribution in [0.25, 0.3) is 10.9 Å². The highest BCUT2D eigenvalue weighted by molar-refractivity contribution is 7.91. The van der Waals surface area contributed by atoms with Crippen molar-refractivity contribution in [1.29, 1.82) is 0 Å². The molecule has 0 atom stereocenters. The van der Waals surface area contributed by atoms with Crippen LogP contribution in [0.3, 0.4) is 0 Å². The predicted octanol–water partition coefficient (Wildman–Crippen LogP) is 4.03. The molecule has 4 nitrogen and oxygen atoms in total. The number of anilines is 1. The Morgan fingerprint density at radius 1 is 1.00 bits per heavy atom. The van der Waals surface area contributed by atoms with Crippen molar-refractivity contribution in [2.75, 3.05) is 18.0 Å². The fourth-order valence-electron chi connectivity index (χ4n) is 3.77. The monoisotopic (exact) mass is 381 g/mol. The first-order chi connectivity index (χ1) is 13.0. The molecule has 5 heteroatoms. The van der Waals surface area contributed by atoms with Crippen LogP contribution < -0.4 is 9.88 Å². The van der Waals surface area contributed by atoms with E-state index in [-0.39, 0.29) is 0 Å². The molecule has 1 aliphatic rings. The Kier molecular flexibility index (Phi) is 4.64. The number of aromatic nitrogens is 1. The summed E-state index contributed by atoms with van der Waals surface area (Å²) in [7, 11) is -3.61. The zero-order chi connectivity index (χ0) is 19.0. The van der Waals surface area contributed by atoms with Crippen LogP contribution in [0, 0.1) is 12.8 Å². The molecule has 0 spiro atoms. The normalized spacial score (nSPS) is 16.0. The average Bonchev–Trinajstić information content (AvgIpc) is 2.68. The molecule has 1 fully saturated rings. The molecule has 0 saturated carbocycles. The second kappa shape index (κ2) is 6.97. The largest absolute Gasteiger partial charge is 0.370 e. The van der Waals surface area contributed by atoms with Gasteiger partial charge in [-0.05, 0) is 43.9 Å². The Morgan fingerprint density at radius 3 is 2.37 bits per heavy atom. The first kappa shape index (κ1) is 18.0. The maximum Gasteiger partial charge on any atom is 0.214 e. The maximum absolute atomic E-state index is 13.5. The second-order valence-corrected chi connectivity index (χ2v) is 9.45. The number of fused-ring (bicyclic) bond motifs is 1. The van der Waals surface area contributed by atoms with Gasteiger partial charge >= 0.3 is 0 Å². The van der Waals surface area contributed by atoms with Crippen LogP contribution in [0.1, 0.15) is 25.3 Å². The Bertz CT molecular complexity index is 1070. The number of hydrogen-bond donors (Lipinski definition) is 0. The number of rotatable bonds is 3. The molecular weight excluding hydrogens is 356 g/mol. The number of pyridine rings is 1. The summed E-state index contributed by atoms with van der Waals surface area (Å²) in [5.74, 6) is 0.681. The lowest BCUT2D eigenvalue weighted by Crippen LogP contribution is -2.34. The fourth-order valence-corrected chi connectivity index (χ4v) is 5.22. The zero-order valence-electron chi connectivity index (χ0n) is 15.8. The van der Waals surface area contributed by atoms with Gasteiger partial charge in [-0.3, -0.25) is 0 Å². The third-order valence-electron chi connectivity index (χ3n) is 5.50. The van der Waals surface area contributed by atoms with Crippen LogP contribution in [-0.2, 0) is 9.84 Å². The SMILES string of the molecule is Cc1ccc(S(=O)(=O)c2c[nH+]c3ccccc3c2N2CCC(C)CC2)cc1. The van der Waals surface area contributed by atoms with Crippen molar-refractivity contribution in [2.24, 2.45) is 5.92 Å². The van der Waals surface area contributed by atoms with E-state index in [0.29, 0.717) is 15.7 Å². The molecule has 0 unspecified atom stereocenters. The highest BCUT2D eigenvalue weighted by Gasteiger charge is 2.30. The van der Waals surface area contributed by atoms with Crippen LogP contribution in [0.4, 0.5) is 5.69 Å². The van der Waals surface area contributed by atoms with Gasteiger partial charge in [-0.2, -0.15) is 0 Å². The van der Waals surface area contributed by atoms with Crippen molar-refractivity contribution < 1.29 is 13.4 Å². The molecule has 1 saturated heterocycles.